The maximum absolute atomic E-state index is 12.1. The third kappa shape index (κ3) is 5.53. The molecule has 1 heterocycles. The summed E-state index contributed by atoms with van der Waals surface area (Å²) in [6.07, 6.45) is 6.25. The molecule has 0 fully saturated rings. The molecular formula is C22H18ClN3O2. The van der Waals surface area contributed by atoms with Crippen molar-refractivity contribution in [3.05, 3.63) is 101 Å². The van der Waals surface area contributed by atoms with E-state index in [1.54, 1.807) is 42.6 Å². The van der Waals surface area contributed by atoms with Crippen LogP contribution in [0.1, 0.15) is 21.5 Å². The highest BCUT2D eigenvalue weighted by Gasteiger charge is 2.05. The molecule has 2 amide bonds. The van der Waals surface area contributed by atoms with Crippen LogP contribution in [-0.2, 0) is 11.3 Å². The van der Waals surface area contributed by atoms with Gasteiger partial charge in [0.15, 0.2) is 0 Å². The van der Waals surface area contributed by atoms with Crippen molar-refractivity contribution < 1.29 is 9.59 Å². The number of pyridine rings is 1. The summed E-state index contributed by atoms with van der Waals surface area (Å²) in [6, 6.07) is 18.0. The van der Waals surface area contributed by atoms with Gasteiger partial charge < -0.3 is 10.6 Å². The molecular weight excluding hydrogens is 374 g/mol. The Balaban J connectivity index is 1.51. The number of aromatic nitrogens is 1. The molecule has 0 bridgehead atoms. The van der Waals surface area contributed by atoms with E-state index in [2.05, 4.69) is 15.6 Å². The van der Waals surface area contributed by atoms with Gasteiger partial charge in [-0.3, -0.25) is 14.6 Å². The predicted molar refractivity (Wildman–Crippen MR) is 111 cm³/mol. The van der Waals surface area contributed by atoms with Crippen LogP contribution in [0.4, 0.5) is 5.69 Å². The Morgan fingerprint density at radius 2 is 1.79 bits per heavy atom. The lowest BCUT2D eigenvalue weighted by Gasteiger charge is -2.07. The van der Waals surface area contributed by atoms with Gasteiger partial charge in [0.1, 0.15) is 0 Å². The van der Waals surface area contributed by atoms with E-state index in [9.17, 15) is 9.59 Å². The minimum atomic E-state index is -0.223. The number of rotatable bonds is 6. The summed E-state index contributed by atoms with van der Waals surface area (Å²) < 4.78 is 0. The summed E-state index contributed by atoms with van der Waals surface area (Å²) in [5.74, 6) is -0.437. The number of carbonyl (C=O) groups excluding carboxylic acids is 2. The second-order valence-electron chi connectivity index (χ2n) is 5.97. The smallest absolute Gasteiger partial charge is 0.257 e. The molecule has 28 heavy (non-hydrogen) atoms. The van der Waals surface area contributed by atoms with E-state index in [1.165, 1.54) is 12.3 Å². The fourth-order valence-corrected chi connectivity index (χ4v) is 2.63. The molecule has 0 aliphatic carbocycles. The molecule has 0 saturated carbocycles. The molecule has 140 valence electrons. The number of hydrogen-bond donors (Lipinski definition) is 2. The number of amides is 2. The van der Waals surface area contributed by atoms with Crippen LogP contribution in [0.5, 0.6) is 0 Å². The number of hydrogen-bond acceptors (Lipinski definition) is 3. The molecule has 0 saturated heterocycles. The van der Waals surface area contributed by atoms with Gasteiger partial charge in [-0.2, -0.15) is 0 Å². The number of anilines is 1. The summed E-state index contributed by atoms with van der Waals surface area (Å²) in [5, 5.41) is 6.21. The molecule has 3 aromatic rings. The van der Waals surface area contributed by atoms with Crippen molar-refractivity contribution in [1.82, 2.24) is 10.3 Å². The fourth-order valence-electron chi connectivity index (χ4n) is 2.43. The van der Waals surface area contributed by atoms with Gasteiger partial charge in [0, 0.05) is 35.7 Å². The van der Waals surface area contributed by atoms with Gasteiger partial charge in [0.05, 0.1) is 5.56 Å². The Morgan fingerprint density at radius 1 is 1.00 bits per heavy atom. The van der Waals surface area contributed by atoms with E-state index in [0.29, 0.717) is 22.8 Å². The van der Waals surface area contributed by atoms with Crippen LogP contribution in [0, 0.1) is 0 Å². The lowest BCUT2D eigenvalue weighted by atomic mass is 10.2. The van der Waals surface area contributed by atoms with Crippen LogP contribution in [0.3, 0.4) is 0 Å². The van der Waals surface area contributed by atoms with Gasteiger partial charge in [-0.25, -0.2) is 0 Å². The van der Waals surface area contributed by atoms with Gasteiger partial charge in [-0.05, 0) is 47.5 Å². The number of nitrogens with zero attached hydrogens (tertiary/aromatic N) is 1. The second-order valence-corrected chi connectivity index (χ2v) is 6.37. The minimum Gasteiger partial charge on any atom is -0.348 e. The maximum Gasteiger partial charge on any atom is 0.257 e. The number of halogens is 1. The van der Waals surface area contributed by atoms with E-state index >= 15 is 0 Å². The largest absolute Gasteiger partial charge is 0.348 e. The second kappa shape index (κ2) is 9.48. The van der Waals surface area contributed by atoms with Crippen LogP contribution in [0.25, 0.3) is 6.08 Å². The van der Waals surface area contributed by atoms with Gasteiger partial charge in [-0.1, -0.05) is 41.9 Å². The standard InChI is InChI=1S/C22H18ClN3O2/c23-20-6-2-1-4-17(20)9-12-21(27)25-14-16-7-10-19(11-8-16)26-22(28)18-5-3-13-24-15-18/h1-13,15H,14H2,(H,25,27)(H,26,28)/b12-9+. The van der Waals surface area contributed by atoms with Crippen LogP contribution >= 0.6 is 11.6 Å². The zero-order valence-corrected chi connectivity index (χ0v) is 15.7. The van der Waals surface area contributed by atoms with E-state index in [4.69, 9.17) is 11.6 Å². The monoisotopic (exact) mass is 391 g/mol. The van der Waals surface area contributed by atoms with Gasteiger partial charge in [-0.15, -0.1) is 0 Å². The Labute approximate surface area is 168 Å². The summed E-state index contributed by atoms with van der Waals surface area (Å²) in [7, 11) is 0. The molecule has 0 unspecified atom stereocenters. The van der Waals surface area contributed by atoms with E-state index in [0.717, 1.165) is 11.1 Å². The zero-order valence-electron chi connectivity index (χ0n) is 14.9. The van der Waals surface area contributed by atoms with Crippen molar-refractivity contribution in [3.8, 4) is 0 Å². The Kier molecular flexibility index (Phi) is 6.54. The third-order valence-electron chi connectivity index (χ3n) is 3.92. The number of nitrogens with one attached hydrogen (secondary N) is 2. The number of carbonyl (C=O) groups is 2. The minimum absolute atomic E-state index is 0.214. The Bertz CT molecular complexity index is 986. The third-order valence-corrected chi connectivity index (χ3v) is 4.27. The Morgan fingerprint density at radius 3 is 2.50 bits per heavy atom. The van der Waals surface area contributed by atoms with Crippen molar-refractivity contribution in [2.75, 3.05) is 5.32 Å². The highest BCUT2D eigenvalue weighted by atomic mass is 35.5. The normalized spacial score (nSPS) is 10.6. The number of benzene rings is 2. The summed E-state index contributed by atoms with van der Waals surface area (Å²) in [5.41, 5.74) is 2.86. The molecule has 5 nitrogen and oxygen atoms in total. The van der Waals surface area contributed by atoms with Crippen molar-refractivity contribution in [1.29, 1.82) is 0 Å². The molecule has 2 aromatic carbocycles. The molecule has 0 aliphatic rings. The highest BCUT2D eigenvalue weighted by molar-refractivity contribution is 6.32. The first-order chi connectivity index (χ1) is 13.6. The molecule has 6 heteroatoms. The highest BCUT2D eigenvalue weighted by Crippen LogP contribution is 2.16. The van der Waals surface area contributed by atoms with Gasteiger partial charge in [0.25, 0.3) is 5.91 Å². The Hall–Kier alpha value is -3.44. The quantitative estimate of drug-likeness (QED) is 0.615. The molecule has 0 aliphatic heterocycles. The first-order valence-electron chi connectivity index (χ1n) is 8.62. The van der Waals surface area contributed by atoms with Crippen molar-refractivity contribution in [3.63, 3.8) is 0 Å². The van der Waals surface area contributed by atoms with Crippen molar-refractivity contribution >= 4 is 35.2 Å². The molecule has 2 N–H and O–H groups in total. The first kappa shape index (κ1) is 19.3. The van der Waals surface area contributed by atoms with E-state index < -0.39 is 0 Å². The van der Waals surface area contributed by atoms with E-state index in [1.807, 2.05) is 30.3 Å². The summed E-state index contributed by atoms with van der Waals surface area (Å²) >= 11 is 6.05. The molecule has 0 atom stereocenters. The summed E-state index contributed by atoms with van der Waals surface area (Å²) in [6.45, 7) is 0.378. The molecule has 0 radical (unpaired) electrons. The average Bonchev–Trinajstić information content (AvgIpc) is 2.73. The molecule has 0 spiro atoms. The van der Waals surface area contributed by atoms with Gasteiger partial charge >= 0.3 is 0 Å². The topological polar surface area (TPSA) is 71.1 Å². The fraction of sp³-hybridized carbons (Fsp3) is 0.0455. The van der Waals surface area contributed by atoms with Crippen molar-refractivity contribution in [2.24, 2.45) is 0 Å². The molecule has 3 rings (SSSR count). The van der Waals surface area contributed by atoms with Crippen molar-refractivity contribution in [2.45, 2.75) is 6.54 Å². The van der Waals surface area contributed by atoms with Gasteiger partial charge in [0.2, 0.25) is 5.91 Å². The maximum atomic E-state index is 12.1. The van der Waals surface area contributed by atoms with E-state index in [-0.39, 0.29) is 11.8 Å². The SMILES string of the molecule is O=C(/C=C/c1ccccc1Cl)NCc1ccc(NC(=O)c2cccnc2)cc1. The summed E-state index contributed by atoms with van der Waals surface area (Å²) in [4.78, 5) is 28.0. The zero-order chi connectivity index (χ0) is 19.8. The molecule has 1 aromatic heterocycles. The van der Waals surface area contributed by atoms with Crippen LogP contribution in [0.15, 0.2) is 79.1 Å². The predicted octanol–water partition coefficient (Wildman–Crippen LogP) is 4.32. The average molecular weight is 392 g/mol. The lowest BCUT2D eigenvalue weighted by Crippen LogP contribution is -2.20. The van der Waals surface area contributed by atoms with Crippen LogP contribution in [0.2, 0.25) is 5.02 Å². The van der Waals surface area contributed by atoms with Crippen LogP contribution < -0.4 is 10.6 Å². The van der Waals surface area contributed by atoms with Crippen LogP contribution in [-0.4, -0.2) is 16.8 Å². The first-order valence-corrected chi connectivity index (χ1v) is 9.00. The lowest BCUT2D eigenvalue weighted by molar-refractivity contribution is -0.116.